The highest BCUT2D eigenvalue weighted by molar-refractivity contribution is 7.15. The van der Waals surface area contributed by atoms with Gasteiger partial charge in [0.25, 0.3) is 0 Å². The number of nitrogens with zero attached hydrogens (tertiary/aromatic N) is 4. The average molecular weight is 428 g/mol. The van der Waals surface area contributed by atoms with E-state index in [0.717, 1.165) is 27.5 Å². The second-order valence-electron chi connectivity index (χ2n) is 7.60. The minimum absolute atomic E-state index is 0.0885. The number of rotatable bonds is 8. The van der Waals surface area contributed by atoms with E-state index in [-0.39, 0.29) is 5.91 Å². The maximum atomic E-state index is 11.8. The molecular formula is C21H25N5O3S. The van der Waals surface area contributed by atoms with Crippen molar-refractivity contribution in [1.29, 1.82) is 0 Å². The summed E-state index contributed by atoms with van der Waals surface area (Å²) >= 11 is 1.57. The van der Waals surface area contributed by atoms with Crippen molar-refractivity contribution in [3.63, 3.8) is 0 Å². The van der Waals surface area contributed by atoms with E-state index in [9.17, 15) is 4.79 Å². The van der Waals surface area contributed by atoms with Crippen LogP contribution in [0, 0.1) is 6.92 Å². The summed E-state index contributed by atoms with van der Waals surface area (Å²) in [6.45, 7) is 9.86. The third-order valence-corrected chi connectivity index (χ3v) is 5.83. The molecule has 0 atom stereocenters. The summed E-state index contributed by atoms with van der Waals surface area (Å²) in [4.78, 5) is 23.7. The Morgan fingerprint density at radius 3 is 2.93 bits per heavy atom. The Morgan fingerprint density at radius 1 is 1.47 bits per heavy atom. The van der Waals surface area contributed by atoms with Gasteiger partial charge in [-0.1, -0.05) is 6.58 Å². The molecule has 3 aromatic rings. The number of thiazole rings is 1. The zero-order valence-corrected chi connectivity index (χ0v) is 18.2. The number of nitrogens with one attached hydrogen (secondary N) is 1. The predicted octanol–water partition coefficient (Wildman–Crippen LogP) is 3.36. The van der Waals surface area contributed by atoms with Gasteiger partial charge in [0.15, 0.2) is 5.13 Å². The number of aromatic nitrogens is 3. The van der Waals surface area contributed by atoms with Crippen molar-refractivity contribution >= 4 is 39.1 Å². The van der Waals surface area contributed by atoms with Gasteiger partial charge in [-0.25, -0.2) is 4.98 Å². The number of hydrogen-bond acceptors (Lipinski definition) is 7. The first-order valence-electron chi connectivity index (χ1n) is 9.69. The quantitative estimate of drug-likeness (QED) is 0.555. The van der Waals surface area contributed by atoms with Gasteiger partial charge in [0.1, 0.15) is 11.4 Å². The van der Waals surface area contributed by atoms with Crippen LogP contribution >= 0.6 is 11.3 Å². The lowest BCUT2D eigenvalue weighted by Gasteiger charge is -2.46. The van der Waals surface area contributed by atoms with Gasteiger partial charge in [0.05, 0.1) is 30.6 Å². The van der Waals surface area contributed by atoms with Crippen LogP contribution in [0.15, 0.2) is 37.2 Å². The maximum Gasteiger partial charge on any atom is 0.246 e. The van der Waals surface area contributed by atoms with Gasteiger partial charge in [-0.3, -0.25) is 4.79 Å². The van der Waals surface area contributed by atoms with E-state index in [2.05, 4.69) is 21.4 Å². The lowest BCUT2D eigenvalue weighted by Crippen LogP contribution is -2.64. The van der Waals surface area contributed by atoms with Gasteiger partial charge in [0.2, 0.25) is 11.8 Å². The van der Waals surface area contributed by atoms with Crippen molar-refractivity contribution < 1.29 is 14.3 Å². The predicted molar refractivity (Wildman–Crippen MR) is 118 cm³/mol. The lowest BCUT2D eigenvalue weighted by molar-refractivity contribution is -0.143. The molecule has 1 saturated heterocycles. The van der Waals surface area contributed by atoms with Gasteiger partial charge in [-0.05, 0) is 26.0 Å². The second kappa shape index (κ2) is 8.08. The van der Waals surface area contributed by atoms with Gasteiger partial charge in [-0.2, -0.15) is 4.98 Å². The van der Waals surface area contributed by atoms with E-state index in [1.165, 1.54) is 6.08 Å². The van der Waals surface area contributed by atoms with Crippen LogP contribution in [0.5, 0.6) is 5.88 Å². The normalized spacial score (nSPS) is 15.1. The molecule has 0 aromatic carbocycles. The number of aryl methyl sites for hydroxylation is 1. The second-order valence-corrected chi connectivity index (χ2v) is 8.83. The van der Waals surface area contributed by atoms with Gasteiger partial charge in [-0.15, -0.1) is 11.3 Å². The van der Waals surface area contributed by atoms with Crippen LogP contribution in [-0.4, -0.2) is 57.7 Å². The average Bonchev–Trinajstić information content (AvgIpc) is 3.29. The molecule has 0 radical (unpaired) electrons. The van der Waals surface area contributed by atoms with E-state index >= 15 is 0 Å². The largest absolute Gasteiger partial charge is 0.467 e. The van der Waals surface area contributed by atoms with Crippen LogP contribution in [0.1, 0.15) is 11.8 Å². The highest BCUT2D eigenvalue weighted by Gasteiger charge is 2.43. The summed E-state index contributed by atoms with van der Waals surface area (Å²) in [5.74, 6) is 1.10. The highest BCUT2D eigenvalue weighted by Crippen LogP contribution is 2.34. The monoisotopic (exact) mass is 427 g/mol. The minimum atomic E-state index is -0.496. The summed E-state index contributed by atoms with van der Waals surface area (Å²) in [7, 11) is 1.69. The Balaban J connectivity index is 1.65. The van der Waals surface area contributed by atoms with E-state index in [0.29, 0.717) is 31.4 Å². The molecule has 4 heterocycles. The Labute approximate surface area is 179 Å². The number of hydrogen-bond donors (Lipinski definition) is 1. The molecule has 0 unspecified atom stereocenters. The highest BCUT2D eigenvalue weighted by atomic mass is 32.1. The molecular weight excluding hydrogens is 402 g/mol. The Bertz CT molecular complexity index is 1080. The first-order valence-corrected chi connectivity index (χ1v) is 10.5. The lowest BCUT2D eigenvalue weighted by atomic mass is 9.96. The summed E-state index contributed by atoms with van der Waals surface area (Å²) < 4.78 is 13.7. The maximum absolute atomic E-state index is 11.8. The third-order valence-electron chi connectivity index (χ3n) is 5.00. The van der Waals surface area contributed by atoms with Crippen molar-refractivity contribution in [3.8, 4) is 5.88 Å². The number of anilines is 2. The van der Waals surface area contributed by atoms with Crippen LogP contribution in [0.2, 0.25) is 0 Å². The number of ether oxygens (including phenoxy) is 2. The summed E-state index contributed by atoms with van der Waals surface area (Å²) in [5, 5.41) is 4.98. The molecule has 1 aliphatic heterocycles. The van der Waals surface area contributed by atoms with Gasteiger partial charge in [0, 0.05) is 37.0 Å². The van der Waals surface area contributed by atoms with Crippen molar-refractivity contribution in [2.75, 3.05) is 32.1 Å². The van der Waals surface area contributed by atoms with Gasteiger partial charge >= 0.3 is 0 Å². The molecule has 3 aromatic heterocycles. The zero-order valence-electron chi connectivity index (χ0n) is 17.3. The number of fused-ring (bicyclic) bond motifs is 1. The molecule has 1 aliphatic rings. The molecule has 0 aliphatic carbocycles. The number of carbonyl (C=O) groups is 1. The smallest absolute Gasteiger partial charge is 0.246 e. The van der Waals surface area contributed by atoms with E-state index < -0.39 is 5.60 Å². The number of likely N-dealkylation sites (tertiary alicyclic amines) is 1. The van der Waals surface area contributed by atoms with Gasteiger partial charge < -0.3 is 24.3 Å². The van der Waals surface area contributed by atoms with Crippen LogP contribution < -0.4 is 10.1 Å². The first kappa shape index (κ1) is 20.4. The molecule has 0 spiro atoms. The summed E-state index contributed by atoms with van der Waals surface area (Å²) in [6, 6.07) is 3.99. The topological polar surface area (TPSA) is 81.5 Å². The fourth-order valence-electron chi connectivity index (χ4n) is 3.55. The van der Waals surface area contributed by atoms with Crippen molar-refractivity contribution in [3.05, 3.63) is 42.1 Å². The van der Waals surface area contributed by atoms with E-state index in [1.54, 1.807) is 23.3 Å². The molecule has 1 amide bonds. The summed E-state index contributed by atoms with van der Waals surface area (Å²) in [6.07, 6.45) is 5.16. The Kier molecular flexibility index (Phi) is 5.48. The van der Waals surface area contributed by atoms with Crippen LogP contribution in [0.4, 0.5) is 10.9 Å². The van der Waals surface area contributed by atoms with E-state index in [4.69, 9.17) is 14.5 Å². The van der Waals surface area contributed by atoms with Crippen LogP contribution in [-0.2, 0) is 16.1 Å². The molecule has 158 valence electrons. The number of amides is 1. The van der Waals surface area contributed by atoms with Crippen LogP contribution in [0.3, 0.4) is 0 Å². The standard InChI is InChI=1S/C21H25N5O3S/c1-5-18(27)26-12-21(3,13-26)29-19-15-6-7-25(8-9-28-4)16(15)10-17(23-19)24-20-22-11-14(2)30-20/h5-7,10-11H,1,8-9,12-13H2,2-4H3,(H,22,23,24). The molecule has 1 N–H and O–H groups in total. The SMILES string of the molecule is C=CC(=O)N1CC(C)(Oc2nc(Nc3ncc(C)s3)cc3c2ccn3CCOC)C1. The molecule has 4 rings (SSSR count). The number of carbonyl (C=O) groups excluding carboxylic acids is 1. The Morgan fingerprint density at radius 2 is 2.27 bits per heavy atom. The molecule has 0 saturated carbocycles. The van der Waals surface area contributed by atoms with Crippen molar-refractivity contribution in [1.82, 2.24) is 19.4 Å². The van der Waals surface area contributed by atoms with E-state index in [1.807, 2.05) is 38.4 Å². The summed E-state index contributed by atoms with van der Waals surface area (Å²) in [5.41, 5.74) is 0.499. The molecule has 9 heteroatoms. The first-order chi connectivity index (χ1) is 14.4. The van der Waals surface area contributed by atoms with Crippen molar-refractivity contribution in [2.45, 2.75) is 26.0 Å². The third kappa shape index (κ3) is 4.03. The fraction of sp³-hybridized carbons (Fsp3) is 0.381. The zero-order chi connectivity index (χ0) is 21.3. The minimum Gasteiger partial charge on any atom is -0.467 e. The van der Waals surface area contributed by atoms with Crippen molar-refractivity contribution in [2.24, 2.45) is 0 Å². The molecule has 0 bridgehead atoms. The number of methoxy groups -OCH3 is 1. The molecule has 8 nitrogen and oxygen atoms in total. The molecule has 1 fully saturated rings. The number of pyridine rings is 1. The fourth-order valence-corrected chi connectivity index (χ4v) is 4.22. The Hall–Kier alpha value is -2.91. The van der Waals surface area contributed by atoms with Crippen LogP contribution in [0.25, 0.3) is 10.9 Å². The molecule has 30 heavy (non-hydrogen) atoms.